The number of quaternary nitrogens is 1. The Hall–Kier alpha value is -0.170. The van der Waals surface area contributed by atoms with Crippen LogP contribution < -0.4 is 0 Å². The van der Waals surface area contributed by atoms with Crippen molar-refractivity contribution < 1.29 is 21.6 Å². The van der Waals surface area contributed by atoms with Crippen LogP contribution in [0.3, 0.4) is 0 Å². The third kappa shape index (κ3) is 4.04. The first-order valence-corrected chi connectivity index (χ1v) is 5.73. The van der Waals surface area contributed by atoms with E-state index in [-0.39, 0.29) is 6.73 Å². The van der Waals surface area contributed by atoms with E-state index in [2.05, 4.69) is 4.18 Å². The molecule has 0 aliphatic carbocycles. The molecule has 0 aromatic rings. The molecule has 0 aromatic heterocycles. The van der Waals surface area contributed by atoms with Crippen LogP contribution in [0.5, 0.6) is 0 Å². The maximum Gasteiger partial charge on any atom is 0.401 e. The lowest BCUT2D eigenvalue weighted by Gasteiger charge is -2.36. The lowest BCUT2D eigenvalue weighted by atomic mass is 10.1. The molecule has 0 saturated carbocycles. The van der Waals surface area contributed by atoms with E-state index < -0.39 is 10.4 Å². The Balaban J connectivity index is 2.42. The van der Waals surface area contributed by atoms with E-state index in [4.69, 9.17) is 4.55 Å². The molecule has 0 spiro atoms. The summed E-state index contributed by atoms with van der Waals surface area (Å²) in [6.07, 6.45) is 3.37. The molecule has 0 atom stereocenters. The molecule has 0 radical (unpaired) electrons. The maximum atomic E-state index is 10.3. The number of nitrogens with zero attached hydrogens (tertiary/aromatic N) is 1. The molecule has 78 valence electrons. The van der Waals surface area contributed by atoms with Crippen molar-refractivity contribution in [3.05, 3.63) is 0 Å². The van der Waals surface area contributed by atoms with Gasteiger partial charge in [-0.15, -0.1) is 0 Å². The summed E-state index contributed by atoms with van der Waals surface area (Å²) in [6, 6.07) is 0. The Kier molecular flexibility index (Phi) is 3.28. The van der Waals surface area contributed by atoms with Gasteiger partial charge in [0.1, 0.15) is 0 Å². The van der Waals surface area contributed by atoms with E-state index in [1.807, 2.05) is 7.05 Å². The molecule has 1 N–H and O–H groups in total. The second kappa shape index (κ2) is 3.91. The second-order valence-corrected chi connectivity index (χ2v) is 4.89. The van der Waals surface area contributed by atoms with Crippen molar-refractivity contribution in [1.82, 2.24) is 0 Å². The predicted octanol–water partition coefficient (Wildman–Crippen LogP) is 0.394. The van der Waals surface area contributed by atoms with E-state index in [9.17, 15) is 8.42 Å². The van der Waals surface area contributed by atoms with Crippen LogP contribution in [-0.2, 0) is 14.6 Å². The molecule has 1 fully saturated rings. The summed E-state index contributed by atoms with van der Waals surface area (Å²) in [5, 5.41) is 0. The number of hydrogen-bond acceptors (Lipinski definition) is 3. The molecule has 0 aromatic carbocycles. The molecule has 1 saturated heterocycles. The van der Waals surface area contributed by atoms with E-state index in [1.54, 1.807) is 0 Å². The van der Waals surface area contributed by atoms with Crippen LogP contribution in [-0.4, -0.2) is 44.3 Å². The fourth-order valence-corrected chi connectivity index (χ4v) is 1.99. The first-order valence-electron chi connectivity index (χ1n) is 4.37. The van der Waals surface area contributed by atoms with Gasteiger partial charge in [-0.05, 0) is 19.3 Å². The minimum Gasteiger partial charge on any atom is -0.302 e. The van der Waals surface area contributed by atoms with E-state index in [0.717, 1.165) is 25.9 Å². The molecule has 0 bridgehead atoms. The Morgan fingerprint density at radius 2 is 1.85 bits per heavy atom. The Morgan fingerprint density at radius 1 is 1.31 bits per heavy atom. The summed E-state index contributed by atoms with van der Waals surface area (Å²) >= 11 is 0. The monoisotopic (exact) mass is 210 g/mol. The zero-order chi connectivity index (χ0) is 9.95. The van der Waals surface area contributed by atoms with Gasteiger partial charge in [0.15, 0.2) is 0 Å². The van der Waals surface area contributed by atoms with Gasteiger partial charge in [-0.25, -0.2) is 0 Å². The largest absolute Gasteiger partial charge is 0.401 e. The summed E-state index contributed by atoms with van der Waals surface area (Å²) in [4.78, 5) is 0. The second-order valence-electron chi connectivity index (χ2n) is 3.80. The number of rotatable bonds is 3. The molecule has 0 unspecified atom stereocenters. The summed E-state index contributed by atoms with van der Waals surface area (Å²) in [5.41, 5.74) is 0. The summed E-state index contributed by atoms with van der Waals surface area (Å²) in [6.45, 7) is 1.86. The maximum absolute atomic E-state index is 10.3. The van der Waals surface area contributed by atoms with Gasteiger partial charge in [0.2, 0.25) is 6.73 Å². The Morgan fingerprint density at radius 3 is 2.31 bits per heavy atom. The van der Waals surface area contributed by atoms with Crippen molar-refractivity contribution >= 4 is 10.4 Å². The van der Waals surface area contributed by atoms with Gasteiger partial charge in [-0.3, -0.25) is 4.55 Å². The Labute approximate surface area is 78.8 Å². The highest BCUT2D eigenvalue weighted by Gasteiger charge is 2.26. The first-order chi connectivity index (χ1) is 5.91. The van der Waals surface area contributed by atoms with Crippen molar-refractivity contribution in [3.63, 3.8) is 0 Å². The van der Waals surface area contributed by atoms with Gasteiger partial charge in [-0.1, -0.05) is 0 Å². The summed E-state index contributed by atoms with van der Waals surface area (Å²) in [5.74, 6) is 0. The molecule has 1 aliphatic rings. The molecule has 0 amide bonds. The topological polar surface area (TPSA) is 63.6 Å². The third-order valence-electron chi connectivity index (χ3n) is 2.41. The molecule has 1 heterocycles. The van der Waals surface area contributed by atoms with Crippen LogP contribution >= 0.6 is 0 Å². The van der Waals surface area contributed by atoms with E-state index >= 15 is 0 Å². The van der Waals surface area contributed by atoms with Crippen LogP contribution in [0.2, 0.25) is 0 Å². The molecular formula is C7H16NO4S+. The predicted molar refractivity (Wildman–Crippen MR) is 47.3 cm³/mol. The highest BCUT2D eigenvalue weighted by molar-refractivity contribution is 7.80. The van der Waals surface area contributed by atoms with Crippen molar-refractivity contribution in [2.24, 2.45) is 0 Å². The minimum absolute atomic E-state index is 0.0405. The van der Waals surface area contributed by atoms with Crippen molar-refractivity contribution in [2.75, 3.05) is 26.9 Å². The quantitative estimate of drug-likeness (QED) is 0.541. The molecule has 1 aliphatic heterocycles. The van der Waals surface area contributed by atoms with Gasteiger partial charge in [0.05, 0.1) is 20.1 Å². The van der Waals surface area contributed by atoms with E-state index in [0.29, 0.717) is 4.48 Å². The van der Waals surface area contributed by atoms with Crippen LogP contribution in [0.4, 0.5) is 0 Å². The van der Waals surface area contributed by atoms with Crippen molar-refractivity contribution in [3.8, 4) is 0 Å². The lowest BCUT2D eigenvalue weighted by molar-refractivity contribution is -0.928. The average Bonchev–Trinajstić information content (AvgIpc) is 2.02. The standard InChI is InChI=1S/C7H15NO4S/c1-8(5-3-2-4-6-8)7-12-13(9,10)11/h2-7H2,1H3/p+1. The van der Waals surface area contributed by atoms with Gasteiger partial charge < -0.3 is 4.48 Å². The highest BCUT2D eigenvalue weighted by atomic mass is 32.3. The Bertz CT molecular complexity index is 256. The SMILES string of the molecule is C[N+]1(COS(=O)(=O)O)CCCCC1. The number of hydrogen-bond donors (Lipinski definition) is 1. The highest BCUT2D eigenvalue weighted by Crippen LogP contribution is 2.16. The van der Waals surface area contributed by atoms with Gasteiger partial charge in [-0.2, -0.15) is 12.6 Å². The summed E-state index contributed by atoms with van der Waals surface area (Å²) in [7, 11) is -2.34. The molecular weight excluding hydrogens is 194 g/mol. The van der Waals surface area contributed by atoms with Crippen LogP contribution in [0.1, 0.15) is 19.3 Å². The first kappa shape index (κ1) is 10.9. The minimum atomic E-state index is -4.28. The van der Waals surface area contributed by atoms with Crippen molar-refractivity contribution in [2.45, 2.75) is 19.3 Å². The van der Waals surface area contributed by atoms with E-state index in [1.165, 1.54) is 6.42 Å². The van der Waals surface area contributed by atoms with Crippen LogP contribution in [0.25, 0.3) is 0 Å². The summed E-state index contributed by atoms with van der Waals surface area (Å²) < 4.78 is 34.0. The fourth-order valence-electron chi connectivity index (χ4n) is 1.60. The van der Waals surface area contributed by atoms with Crippen LogP contribution in [0.15, 0.2) is 0 Å². The smallest absolute Gasteiger partial charge is 0.302 e. The lowest BCUT2D eigenvalue weighted by Crippen LogP contribution is -2.49. The normalized spacial score (nSPS) is 22.9. The van der Waals surface area contributed by atoms with Gasteiger partial charge in [0.25, 0.3) is 0 Å². The van der Waals surface area contributed by atoms with Crippen LogP contribution in [0, 0.1) is 0 Å². The molecule has 5 nitrogen and oxygen atoms in total. The number of likely N-dealkylation sites (tertiary alicyclic amines) is 1. The zero-order valence-electron chi connectivity index (χ0n) is 7.77. The van der Waals surface area contributed by atoms with Gasteiger partial charge >= 0.3 is 10.4 Å². The number of piperidine rings is 1. The van der Waals surface area contributed by atoms with Crippen molar-refractivity contribution in [1.29, 1.82) is 0 Å². The fraction of sp³-hybridized carbons (Fsp3) is 1.00. The molecule has 13 heavy (non-hydrogen) atoms. The third-order valence-corrected chi connectivity index (χ3v) is 2.81. The zero-order valence-corrected chi connectivity index (χ0v) is 8.59. The van der Waals surface area contributed by atoms with Gasteiger partial charge in [0, 0.05) is 0 Å². The molecule has 6 heteroatoms. The average molecular weight is 210 g/mol. The molecule has 1 rings (SSSR count).